The van der Waals surface area contributed by atoms with Gasteiger partial charge in [-0.2, -0.15) is 0 Å². The van der Waals surface area contributed by atoms with Crippen LogP contribution in [0.5, 0.6) is 0 Å². The lowest BCUT2D eigenvalue weighted by Crippen LogP contribution is -2.12. The van der Waals surface area contributed by atoms with Gasteiger partial charge in [-0.05, 0) is 457 Å². The van der Waals surface area contributed by atoms with Gasteiger partial charge in [0.15, 0.2) is 0 Å². The van der Waals surface area contributed by atoms with E-state index < -0.39 is 0 Å². The number of anilines is 18. The topological polar surface area (TPSA) is 19.4 Å². The van der Waals surface area contributed by atoms with E-state index in [1.54, 1.807) is 0 Å². The van der Waals surface area contributed by atoms with Crippen molar-refractivity contribution in [1.29, 1.82) is 0 Å². The summed E-state index contributed by atoms with van der Waals surface area (Å²) in [6, 6.07) is 143. The van der Waals surface area contributed by atoms with Crippen molar-refractivity contribution >= 4 is 102 Å². The smallest absolute Gasteiger partial charge is 0.0491 e. The highest BCUT2D eigenvalue weighted by molar-refractivity contribution is 5.89. The van der Waals surface area contributed by atoms with Crippen molar-refractivity contribution in [1.82, 2.24) is 0 Å². The van der Waals surface area contributed by atoms with E-state index in [1.165, 1.54) is 190 Å². The van der Waals surface area contributed by atoms with Gasteiger partial charge < -0.3 is 29.4 Å². The van der Waals surface area contributed by atoms with Crippen molar-refractivity contribution in [2.75, 3.05) is 29.4 Å². The van der Waals surface area contributed by atoms with Crippen LogP contribution >= 0.6 is 0 Å². The van der Waals surface area contributed by atoms with Gasteiger partial charge in [-0.25, -0.2) is 0 Å². The van der Waals surface area contributed by atoms with Gasteiger partial charge in [-0.3, -0.25) is 0 Å². The zero-order valence-corrected chi connectivity index (χ0v) is 81.6. The Kier molecular flexibility index (Phi) is 27.9. The standard InChI is InChI=1S/C44H44N2.2C42H40N2/c1-29-9-15-39(16-10-29)45(41-23-31(3)21-32(4)24-41)43-19-13-37(27-35(43)7)38-14-20-44(36(8)28-38)46(40-17-11-30(2)12-18-40)42-25-33(5)22-34(6)26-42;1-29-7-17-37(18-8-29)43(38-19-9-30(2)10-20-38)41-25-15-35(27-33(41)5)36-16-26-42(34(6)28-36)44(39-21-11-31(3)12-22-39)40-23-13-32(4)14-24-40;1-29-7-15-37(16-8-29)43(41-25-31(3)23-32(4)26-41)39-19-11-35(12-20-39)36-13-21-40(22-14-36)44(38-17-9-30(2)10-18-38)42-27-33(5)24-34(6)28-42/h9-28H,1-8H3;2*7-28H,1-6H3. The number of rotatable bonds is 21. The van der Waals surface area contributed by atoms with Gasteiger partial charge in [0.1, 0.15) is 0 Å². The van der Waals surface area contributed by atoms with Crippen LogP contribution in [0.1, 0.15) is 111 Å². The summed E-state index contributed by atoms with van der Waals surface area (Å²) in [6.45, 7) is 43.3. The first-order valence-corrected chi connectivity index (χ1v) is 46.9. The zero-order chi connectivity index (χ0) is 94.1. The fraction of sp³-hybridized carbons (Fsp3) is 0.156. The van der Waals surface area contributed by atoms with Crippen LogP contribution in [0.4, 0.5) is 102 Å². The minimum atomic E-state index is 1.14. The normalized spacial score (nSPS) is 11.0. The van der Waals surface area contributed by atoms with Gasteiger partial charge in [-0.15, -0.1) is 0 Å². The molecular weight excluding hydrogens is 1620 g/mol. The Morgan fingerprint density at radius 3 is 0.381 bits per heavy atom. The third-order valence-electron chi connectivity index (χ3n) is 25.2. The van der Waals surface area contributed by atoms with Crippen molar-refractivity contribution in [2.24, 2.45) is 0 Å². The second-order valence-electron chi connectivity index (χ2n) is 37.2. The van der Waals surface area contributed by atoms with Crippen LogP contribution in [0.2, 0.25) is 0 Å². The van der Waals surface area contributed by atoms with Crippen LogP contribution in [0.25, 0.3) is 33.4 Å². The maximum absolute atomic E-state index is 2.39. The molecule has 0 radical (unpaired) electrons. The van der Waals surface area contributed by atoms with Crippen molar-refractivity contribution in [3.63, 3.8) is 0 Å². The number of aryl methyl sites for hydroxylation is 20. The Labute approximate surface area is 797 Å². The summed E-state index contributed by atoms with van der Waals surface area (Å²) < 4.78 is 0. The van der Waals surface area contributed by atoms with E-state index in [-0.39, 0.29) is 0 Å². The molecule has 0 aliphatic carbocycles. The molecule has 0 atom stereocenters. The van der Waals surface area contributed by atoms with E-state index in [0.29, 0.717) is 0 Å². The second-order valence-corrected chi connectivity index (χ2v) is 37.2. The average Bonchev–Trinajstić information content (AvgIpc) is 0.786. The fourth-order valence-electron chi connectivity index (χ4n) is 18.4. The molecule has 18 aromatic rings. The summed E-state index contributed by atoms with van der Waals surface area (Å²) in [7, 11) is 0. The number of benzene rings is 18. The lowest BCUT2D eigenvalue weighted by molar-refractivity contribution is 1.22. The Morgan fingerprint density at radius 1 is 0.0970 bits per heavy atom. The molecule has 0 bridgehead atoms. The average molecular weight is 1750 g/mol. The highest BCUT2D eigenvalue weighted by Gasteiger charge is 2.24. The molecule has 0 fully saturated rings. The van der Waals surface area contributed by atoms with Crippen molar-refractivity contribution < 1.29 is 0 Å². The molecule has 0 aliphatic heterocycles. The molecule has 0 aliphatic rings. The van der Waals surface area contributed by atoms with Gasteiger partial charge in [0, 0.05) is 102 Å². The quantitative estimate of drug-likeness (QED) is 0.0709. The van der Waals surface area contributed by atoms with Gasteiger partial charge in [0.05, 0.1) is 0 Å². The first-order chi connectivity index (χ1) is 64.5. The maximum atomic E-state index is 2.39. The summed E-state index contributed by atoms with van der Waals surface area (Å²) in [5.74, 6) is 0. The molecule has 0 saturated carbocycles. The molecule has 6 nitrogen and oxygen atoms in total. The van der Waals surface area contributed by atoms with E-state index >= 15 is 0 Å². The number of nitrogens with zero attached hydrogens (tertiary/aromatic N) is 6. The molecule has 0 unspecified atom stereocenters. The number of hydrogen-bond acceptors (Lipinski definition) is 6. The van der Waals surface area contributed by atoms with E-state index in [1.807, 2.05) is 0 Å². The number of hydrogen-bond donors (Lipinski definition) is 0. The van der Waals surface area contributed by atoms with E-state index in [2.05, 4.69) is 556 Å². The molecule has 0 N–H and O–H groups in total. The predicted molar refractivity (Wildman–Crippen MR) is 578 cm³/mol. The Bertz CT molecular complexity index is 6550. The van der Waals surface area contributed by atoms with Crippen LogP contribution in [0.15, 0.2) is 388 Å². The van der Waals surface area contributed by atoms with Crippen molar-refractivity contribution in [3.05, 3.63) is 500 Å². The van der Waals surface area contributed by atoms with Gasteiger partial charge in [0.25, 0.3) is 0 Å². The van der Waals surface area contributed by atoms with Gasteiger partial charge in [-0.1, -0.05) is 214 Å². The molecule has 18 rings (SSSR count). The molecule has 0 heterocycles. The monoisotopic (exact) mass is 1740 g/mol. The summed E-state index contributed by atoms with van der Waals surface area (Å²) in [6.07, 6.45) is 0. The van der Waals surface area contributed by atoms with Gasteiger partial charge in [0.2, 0.25) is 0 Å². The van der Waals surface area contributed by atoms with Crippen molar-refractivity contribution in [3.8, 4) is 33.4 Å². The predicted octanol–water partition coefficient (Wildman–Crippen LogP) is 37.0. The zero-order valence-electron chi connectivity index (χ0n) is 81.6. The SMILES string of the molecule is Cc1ccc(N(c2cc(C)cc(C)c2)c2ccc(-c3ccc(N(c4ccc(C)cc4)c4cc(C)cc(C)c4)c(C)c3)cc2C)cc1.Cc1ccc(N(c2ccc(-c3ccc(N(c4ccc(C)cc4)c4cc(C)cc(C)c4)cc3)cc2)c2cc(C)cc(C)c2)cc1.Cc1ccc(N(c2ccc(C)cc2)c2ccc(-c3ccc(N(c4ccc(C)cc4)c4ccc(C)cc4)c(C)c3)cc2C)cc1. The molecule has 18 aromatic carbocycles. The molecule has 0 spiro atoms. The highest BCUT2D eigenvalue weighted by atomic mass is 15.2. The largest absolute Gasteiger partial charge is 0.310 e. The molecule has 134 heavy (non-hydrogen) atoms. The fourth-order valence-corrected chi connectivity index (χ4v) is 18.4. The van der Waals surface area contributed by atoms with Crippen molar-refractivity contribution in [2.45, 2.75) is 138 Å². The third-order valence-corrected chi connectivity index (χ3v) is 25.2. The summed E-state index contributed by atoms with van der Waals surface area (Å²) in [4.78, 5) is 14.2. The molecule has 666 valence electrons. The minimum Gasteiger partial charge on any atom is -0.310 e. The minimum absolute atomic E-state index is 1.14. The molecule has 0 saturated heterocycles. The summed E-state index contributed by atoms with van der Waals surface area (Å²) >= 11 is 0. The van der Waals surface area contributed by atoms with Crippen LogP contribution in [-0.2, 0) is 0 Å². The first-order valence-electron chi connectivity index (χ1n) is 46.9. The summed E-state index contributed by atoms with van der Waals surface area (Å²) in [5, 5.41) is 0. The molecule has 6 heteroatoms. The molecule has 0 amide bonds. The van der Waals surface area contributed by atoms with Gasteiger partial charge >= 0.3 is 0 Å². The Morgan fingerprint density at radius 2 is 0.224 bits per heavy atom. The molecule has 0 aromatic heterocycles. The van der Waals surface area contributed by atoms with E-state index in [0.717, 1.165) is 56.9 Å². The van der Waals surface area contributed by atoms with Crippen LogP contribution in [0, 0.1) is 138 Å². The molecular formula is C128H124N6. The third kappa shape index (κ3) is 21.7. The lowest BCUT2D eigenvalue weighted by Gasteiger charge is -2.29. The Balaban J connectivity index is 0.000000146. The van der Waals surface area contributed by atoms with Crippen LogP contribution in [0.3, 0.4) is 0 Å². The highest BCUT2D eigenvalue weighted by Crippen LogP contribution is 2.47. The first kappa shape index (κ1) is 92.0. The maximum Gasteiger partial charge on any atom is 0.0491 e. The van der Waals surface area contributed by atoms with E-state index in [9.17, 15) is 0 Å². The Hall–Kier alpha value is -15.2. The second kappa shape index (κ2) is 40.6. The van der Waals surface area contributed by atoms with Crippen LogP contribution in [-0.4, -0.2) is 0 Å². The lowest BCUT2D eigenvalue weighted by atomic mass is 9.98. The summed E-state index contributed by atoms with van der Waals surface area (Å²) in [5.41, 5.74) is 53.3. The van der Waals surface area contributed by atoms with Crippen LogP contribution < -0.4 is 29.4 Å². The van der Waals surface area contributed by atoms with E-state index in [4.69, 9.17) is 0 Å².